The molecule has 5 aromatic rings. The van der Waals surface area contributed by atoms with Gasteiger partial charge in [0.05, 0.1) is 27.7 Å². The van der Waals surface area contributed by atoms with E-state index < -0.39 is 11.5 Å². The molecule has 0 bridgehead atoms. The third-order valence-corrected chi connectivity index (χ3v) is 8.30. The summed E-state index contributed by atoms with van der Waals surface area (Å²) in [5.41, 5.74) is 3.09. The van der Waals surface area contributed by atoms with Crippen molar-refractivity contribution in [1.82, 2.24) is 4.57 Å². The summed E-state index contributed by atoms with van der Waals surface area (Å²) in [6.07, 6.45) is 13.3. The lowest BCUT2D eigenvalue weighted by atomic mass is 9.86. The van der Waals surface area contributed by atoms with Crippen molar-refractivity contribution in [2.75, 3.05) is 0 Å². The smallest absolute Gasteiger partial charge is 0.244 e. The van der Waals surface area contributed by atoms with Crippen LogP contribution >= 0.6 is 0 Å². The SMILES string of the molecule is C#CC#CC#CC#CC#CC#Cn1/c(=C/C2=C([O-])C(=C\C3=[N+](C#CC#CC#CC#CC#CC#C)c4cccc5cccc3c45)/C2=O)c2cccc3cccc1c32. The van der Waals surface area contributed by atoms with Gasteiger partial charge in [-0.3, -0.25) is 9.36 Å². The highest BCUT2D eigenvalue weighted by molar-refractivity contribution is 6.29. The number of carbonyl (C=O) groups excluding carboxylic acids is 1. The average Bonchev–Trinajstić information content (AvgIpc) is 3.70. The fraction of sp³-hybridized carbons (Fsp3) is 0. The van der Waals surface area contributed by atoms with E-state index in [0.717, 1.165) is 43.7 Å². The van der Waals surface area contributed by atoms with Crippen LogP contribution in [0.15, 0.2) is 95.8 Å². The average molecular weight is 701 g/mol. The first-order valence-corrected chi connectivity index (χ1v) is 16.5. The molecule has 4 aromatic carbocycles. The minimum absolute atomic E-state index is 0.0380. The minimum atomic E-state index is -0.395. The first-order valence-electron chi connectivity index (χ1n) is 16.5. The highest BCUT2D eigenvalue weighted by Gasteiger charge is 2.34. The molecule has 2 heterocycles. The summed E-state index contributed by atoms with van der Waals surface area (Å²) >= 11 is 0. The van der Waals surface area contributed by atoms with Crippen molar-refractivity contribution >= 4 is 55.7 Å². The Labute approximate surface area is 323 Å². The number of allylic oxidation sites excluding steroid dienone is 3. The molecule has 0 radical (unpaired) electrons. The van der Waals surface area contributed by atoms with Crippen molar-refractivity contribution in [3.8, 4) is 143 Å². The second-order valence-corrected chi connectivity index (χ2v) is 11.3. The molecule has 2 aliphatic rings. The highest BCUT2D eigenvalue weighted by Crippen LogP contribution is 2.37. The minimum Gasteiger partial charge on any atom is -0.871 e. The lowest BCUT2D eigenvalue weighted by Gasteiger charge is -2.28. The molecule has 0 fully saturated rings. The van der Waals surface area contributed by atoms with E-state index >= 15 is 0 Å². The van der Waals surface area contributed by atoms with Crippen LogP contribution in [0.4, 0.5) is 5.69 Å². The molecule has 7 rings (SSSR count). The molecule has 0 saturated heterocycles. The zero-order valence-corrected chi connectivity index (χ0v) is 28.9. The third kappa shape index (κ3) is 6.82. The summed E-state index contributed by atoms with van der Waals surface area (Å²) < 4.78 is 3.46. The quantitative estimate of drug-likeness (QED) is 0.160. The number of terminal acetylenes is 2. The maximum atomic E-state index is 13.9. The van der Waals surface area contributed by atoms with Crippen molar-refractivity contribution < 1.29 is 14.5 Å². The standard InChI is InChI=1S/C52H16N2O2/c1-3-5-7-9-11-13-15-17-19-21-35-53-45-33-25-29-39-27-23-31-41(49(39)45)47(53)37-43-51(55)44(52(43)56)38-48-42-32-24-28-40-30-26-34-46(50(40)42)54(48)36-22-20-18-16-14-12-10-8-6-4-2/h1-2,23-34,37-38H. The summed E-state index contributed by atoms with van der Waals surface area (Å²) in [6, 6.07) is 29.5. The van der Waals surface area contributed by atoms with Crippen LogP contribution in [0, 0.1) is 143 Å². The van der Waals surface area contributed by atoms with Crippen molar-refractivity contribution in [2.24, 2.45) is 0 Å². The number of benzene rings is 4. The molecule has 0 atom stereocenters. The van der Waals surface area contributed by atoms with E-state index in [0.29, 0.717) is 11.1 Å². The van der Waals surface area contributed by atoms with Crippen LogP contribution < -0.4 is 10.5 Å². The molecule has 246 valence electrons. The zero-order valence-electron chi connectivity index (χ0n) is 28.9. The molecule has 0 unspecified atom stereocenters. The molecular weight excluding hydrogens is 685 g/mol. The van der Waals surface area contributed by atoms with E-state index in [2.05, 4.69) is 130 Å². The summed E-state index contributed by atoms with van der Waals surface area (Å²) in [5, 5.41) is 19.1. The topological polar surface area (TPSA) is 48.1 Å². The Morgan fingerprint density at radius 2 is 1.12 bits per heavy atom. The molecule has 4 heteroatoms. The van der Waals surface area contributed by atoms with Gasteiger partial charge in [-0.2, -0.15) is 0 Å². The van der Waals surface area contributed by atoms with Crippen molar-refractivity contribution in [3.05, 3.63) is 107 Å². The normalized spacial score (nSPS) is 12.0. The summed E-state index contributed by atoms with van der Waals surface area (Å²) in [5.74, 6) is 50.0. The Morgan fingerprint density at radius 1 is 0.589 bits per heavy atom. The molecule has 1 aliphatic carbocycles. The van der Waals surface area contributed by atoms with Crippen LogP contribution in [-0.2, 0) is 4.79 Å². The van der Waals surface area contributed by atoms with Gasteiger partial charge < -0.3 is 5.11 Å². The van der Waals surface area contributed by atoms with Gasteiger partial charge >= 0.3 is 0 Å². The van der Waals surface area contributed by atoms with Crippen molar-refractivity contribution in [3.63, 3.8) is 0 Å². The molecule has 0 saturated carbocycles. The molecule has 56 heavy (non-hydrogen) atoms. The second kappa shape index (κ2) is 16.1. The fourth-order valence-corrected chi connectivity index (χ4v) is 6.11. The Balaban J connectivity index is 1.30. The van der Waals surface area contributed by atoms with Crippen LogP contribution in [0.3, 0.4) is 0 Å². The molecular formula is C52H16N2O2. The maximum absolute atomic E-state index is 13.9. The molecule has 0 N–H and O–H groups in total. The number of nitrogens with zero attached hydrogens (tertiary/aromatic N) is 2. The van der Waals surface area contributed by atoms with E-state index in [1.165, 1.54) is 0 Å². The Kier molecular flexibility index (Phi) is 9.98. The van der Waals surface area contributed by atoms with Crippen LogP contribution in [0.25, 0.3) is 38.5 Å². The van der Waals surface area contributed by atoms with Gasteiger partial charge in [0.2, 0.25) is 17.4 Å². The summed E-state index contributed by atoms with van der Waals surface area (Å²) in [7, 11) is 0. The van der Waals surface area contributed by atoms with Gasteiger partial charge in [0, 0.05) is 93.4 Å². The fourth-order valence-electron chi connectivity index (χ4n) is 6.11. The Morgan fingerprint density at radius 3 is 1.75 bits per heavy atom. The van der Waals surface area contributed by atoms with E-state index in [4.69, 9.17) is 12.8 Å². The number of carbonyl (C=O) groups is 1. The predicted octanol–water partition coefficient (Wildman–Crippen LogP) is 3.78. The summed E-state index contributed by atoms with van der Waals surface area (Å²) in [6.45, 7) is 0. The first-order chi connectivity index (χ1) is 27.6. The largest absolute Gasteiger partial charge is 0.871 e. The van der Waals surface area contributed by atoms with Gasteiger partial charge in [0.1, 0.15) is 0 Å². The number of Topliss-reactive ketones (excluding diaryl/α,β-unsaturated/α-hetero) is 1. The number of rotatable bonds is 2. The van der Waals surface area contributed by atoms with Gasteiger partial charge in [-0.05, 0) is 88.2 Å². The number of ketones is 1. The predicted molar refractivity (Wildman–Crippen MR) is 218 cm³/mol. The Hall–Kier alpha value is -9.72. The highest BCUT2D eigenvalue weighted by atomic mass is 16.3. The molecule has 0 spiro atoms. The van der Waals surface area contributed by atoms with Crippen LogP contribution in [0.1, 0.15) is 5.56 Å². The summed E-state index contributed by atoms with van der Waals surface area (Å²) in [4.78, 5) is 13.9. The van der Waals surface area contributed by atoms with Crippen LogP contribution in [-0.4, -0.2) is 20.6 Å². The van der Waals surface area contributed by atoms with Gasteiger partial charge in [-0.15, -0.1) is 17.4 Å². The monoisotopic (exact) mass is 700 g/mol. The zero-order chi connectivity index (χ0) is 38.7. The van der Waals surface area contributed by atoms with Gasteiger partial charge in [0.15, 0.2) is 5.78 Å². The Bertz CT molecular complexity index is 3560. The number of hydrogen-bond donors (Lipinski definition) is 0. The second-order valence-electron chi connectivity index (χ2n) is 11.3. The van der Waals surface area contributed by atoms with E-state index in [-0.39, 0.29) is 11.1 Å². The van der Waals surface area contributed by atoms with E-state index in [1.54, 1.807) is 21.3 Å². The molecule has 1 aromatic heterocycles. The third-order valence-electron chi connectivity index (χ3n) is 8.30. The van der Waals surface area contributed by atoms with Crippen molar-refractivity contribution in [1.29, 1.82) is 0 Å². The van der Waals surface area contributed by atoms with Crippen LogP contribution in [0.2, 0.25) is 0 Å². The maximum Gasteiger partial charge on any atom is 0.244 e. The lowest BCUT2D eigenvalue weighted by Crippen LogP contribution is -2.31. The number of aromatic nitrogens is 1. The van der Waals surface area contributed by atoms with Crippen molar-refractivity contribution in [2.45, 2.75) is 0 Å². The number of hydrogen-bond acceptors (Lipinski definition) is 2. The van der Waals surface area contributed by atoms with E-state index in [9.17, 15) is 9.90 Å². The molecule has 1 aliphatic heterocycles. The van der Waals surface area contributed by atoms with Gasteiger partial charge in [-0.1, -0.05) is 60.4 Å². The van der Waals surface area contributed by atoms with Gasteiger partial charge in [-0.25, -0.2) is 0 Å². The molecule has 4 nitrogen and oxygen atoms in total. The van der Waals surface area contributed by atoms with Gasteiger partial charge in [0.25, 0.3) is 0 Å². The van der Waals surface area contributed by atoms with E-state index in [1.807, 2.05) is 72.8 Å². The van der Waals surface area contributed by atoms with Crippen LogP contribution in [0.5, 0.6) is 0 Å². The first kappa shape index (κ1) is 34.7. The molecule has 0 amide bonds. The lowest BCUT2D eigenvalue weighted by molar-refractivity contribution is -0.330.